The fourth-order valence-corrected chi connectivity index (χ4v) is 4.40. The zero-order chi connectivity index (χ0) is 21.5. The number of nitrogens with one attached hydrogen (secondary N) is 1. The molecule has 8 nitrogen and oxygen atoms in total. The maximum absolute atomic E-state index is 12.8. The average molecular weight is 415 g/mol. The van der Waals surface area contributed by atoms with Crippen LogP contribution in [0.1, 0.15) is 53.2 Å². The Bertz CT molecular complexity index is 1350. The molecule has 1 aromatic carbocycles. The Kier molecular flexibility index (Phi) is 4.62. The number of aromatic nitrogens is 5. The zero-order valence-electron chi connectivity index (χ0n) is 17.0. The Balaban J connectivity index is 1.65. The van der Waals surface area contributed by atoms with Crippen molar-refractivity contribution in [2.45, 2.75) is 38.5 Å². The smallest absolute Gasteiger partial charge is 0.341 e. The number of hydrogen-bond acceptors (Lipinski definition) is 5. The number of rotatable bonds is 4. The van der Waals surface area contributed by atoms with Gasteiger partial charge in [0.05, 0.1) is 11.4 Å². The average Bonchev–Trinajstić information content (AvgIpc) is 3.42. The van der Waals surface area contributed by atoms with Gasteiger partial charge in [0.2, 0.25) is 0 Å². The van der Waals surface area contributed by atoms with Gasteiger partial charge in [-0.2, -0.15) is 0 Å². The number of carbonyl (C=O) groups is 1. The van der Waals surface area contributed by atoms with E-state index in [4.69, 9.17) is 0 Å². The molecule has 8 heteroatoms. The fraction of sp³-hybridized carbons (Fsp3) is 0.261. The third-order valence-electron chi connectivity index (χ3n) is 5.98. The minimum absolute atomic E-state index is 0.0509. The molecule has 0 spiro atoms. The van der Waals surface area contributed by atoms with Crippen molar-refractivity contribution in [1.29, 1.82) is 0 Å². The van der Waals surface area contributed by atoms with Crippen molar-refractivity contribution in [3.63, 3.8) is 0 Å². The first-order valence-corrected chi connectivity index (χ1v) is 10.3. The third-order valence-corrected chi connectivity index (χ3v) is 5.98. The predicted octanol–water partition coefficient (Wildman–Crippen LogP) is 3.81. The van der Waals surface area contributed by atoms with Crippen LogP contribution in [0, 0.1) is 6.92 Å². The summed E-state index contributed by atoms with van der Waals surface area (Å²) in [6.45, 7) is 1.73. The molecule has 156 valence electrons. The largest absolute Gasteiger partial charge is 0.477 e. The molecule has 0 atom stereocenters. The van der Waals surface area contributed by atoms with Crippen molar-refractivity contribution < 1.29 is 9.90 Å². The lowest BCUT2D eigenvalue weighted by Gasteiger charge is -2.10. The first-order valence-electron chi connectivity index (χ1n) is 10.3. The number of nitrogens with zero attached hydrogens (tertiary/aromatic N) is 4. The van der Waals surface area contributed by atoms with Crippen LogP contribution in [0.2, 0.25) is 0 Å². The van der Waals surface area contributed by atoms with Crippen LogP contribution in [0.4, 0.5) is 0 Å². The van der Waals surface area contributed by atoms with E-state index in [-0.39, 0.29) is 16.9 Å². The normalized spacial score (nSPS) is 14.4. The van der Waals surface area contributed by atoms with Crippen LogP contribution in [-0.2, 0) is 0 Å². The van der Waals surface area contributed by atoms with E-state index in [1.807, 2.05) is 12.1 Å². The van der Waals surface area contributed by atoms with Crippen LogP contribution in [-0.4, -0.2) is 35.6 Å². The van der Waals surface area contributed by atoms with Crippen molar-refractivity contribution in [3.05, 3.63) is 69.9 Å². The van der Waals surface area contributed by atoms with E-state index in [9.17, 15) is 14.7 Å². The molecule has 31 heavy (non-hydrogen) atoms. The van der Waals surface area contributed by atoms with Crippen LogP contribution < -0.4 is 5.56 Å². The number of H-pyrrole nitrogens is 1. The topological polar surface area (TPSA) is 113 Å². The number of aromatic amines is 1. The van der Waals surface area contributed by atoms with Gasteiger partial charge < -0.3 is 5.11 Å². The number of fused-ring (bicyclic) bond motifs is 1. The summed E-state index contributed by atoms with van der Waals surface area (Å²) in [5.41, 5.74) is 3.18. The maximum Gasteiger partial charge on any atom is 0.341 e. The van der Waals surface area contributed by atoms with Gasteiger partial charge in [0, 0.05) is 24.0 Å². The van der Waals surface area contributed by atoms with Crippen LogP contribution >= 0.6 is 0 Å². The summed E-state index contributed by atoms with van der Waals surface area (Å²) in [5, 5.41) is 12.7. The number of carboxylic acids is 1. The Labute approximate surface area is 177 Å². The number of aromatic carboxylic acids is 1. The molecule has 5 rings (SSSR count). The summed E-state index contributed by atoms with van der Waals surface area (Å²) in [6, 6.07) is 9.48. The second kappa shape index (κ2) is 7.46. The van der Waals surface area contributed by atoms with Crippen LogP contribution in [0.25, 0.3) is 28.3 Å². The molecule has 0 bridgehead atoms. The van der Waals surface area contributed by atoms with Crippen molar-refractivity contribution >= 4 is 11.6 Å². The molecular weight excluding hydrogens is 394 g/mol. The van der Waals surface area contributed by atoms with E-state index in [2.05, 4.69) is 32.2 Å². The Morgan fingerprint density at radius 3 is 2.52 bits per heavy atom. The van der Waals surface area contributed by atoms with E-state index < -0.39 is 11.5 Å². The van der Waals surface area contributed by atoms with E-state index in [0.717, 1.165) is 10.1 Å². The van der Waals surface area contributed by atoms with Crippen molar-refractivity contribution in [1.82, 2.24) is 24.6 Å². The second-order valence-electron chi connectivity index (χ2n) is 7.90. The van der Waals surface area contributed by atoms with E-state index in [1.165, 1.54) is 49.7 Å². The molecule has 1 aliphatic rings. The van der Waals surface area contributed by atoms with E-state index in [0.29, 0.717) is 23.0 Å². The highest BCUT2D eigenvalue weighted by molar-refractivity contribution is 6.01. The van der Waals surface area contributed by atoms with Crippen molar-refractivity contribution in [2.75, 3.05) is 0 Å². The molecule has 4 aromatic rings. The molecule has 0 radical (unpaired) electrons. The molecular formula is C23H21N5O3. The fourth-order valence-electron chi connectivity index (χ4n) is 4.40. The Hall–Kier alpha value is -3.81. The Morgan fingerprint density at radius 2 is 1.84 bits per heavy atom. The second-order valence-corrected chi connectivity index (χ2v) is 7.90. The molecule has 1 saturated carbocycles. The Morgan fingerprint density at radius 1 is 1.13 bits per heavy atom. The van der Waals surface area contributed by atoms with Gasteiger partial charge in [0.15, 0.2) is 5.65 Å². The number of hydrogen-bond donors (Lipinski definition) is 2. The van der Waals surface area contributed by atoms with Gasteiger partial charge in [-0.25, -0.2) is 14.3 Å². The van der Waals surface area contributed by atoms with Crippen molar-refractivity contribution in [3.8, 4) is 22.6 Å². The molecule has 2 N–H and O–H groups in total. The summed E-state index contributed by atoms with van der Waals surface area (Å²) in [7, 11) is 0. The summed E-state index contributed by atoms with van der Waals surface area (Å²) in [6.07, 6.45) is 7.95. The van der Waals surface area contributed by atoms with E-state index in [1.54, 1.807) is 6.92 Å². The highest BCUT2D eigenvalue weighted by atomic mass is 16.4. The molecule has 1 aliphatic carbocycles. The standard InChI is InChI=1S/C23H21N5O3/c1-13-20(25-11-10-24-13)21-19(23(30)31)22-26-17(12-18(29)28(22)27-21)16-8-6-15(7-9-16)14-4-2-3-5-14/h6-12,14,27H,2-5H2,1H3,(H,30,31). The highest BCUT2D eigenvalue weighted by Crippen LogP contribution is 2.35. The molecule has 1 fully saturated rings. The van der Waals surface area contributed by atoms with Gasteiger partial charge in [-0.05, 0) is 31.2 Å². The molecule has 3 heterocycles. The van der Waals surface area contributed by atoms with Crippen LogP contribution in [0.3, 0.4) is 0 Å². The lowest BCUT2D eigenvalue weighted by atomic mass is 9.96. The minimum Gasteiger partial charge on any atom is -0.477 e. The van der Waals surface area contributed by atoms with Gasteiger partial charge >= 0.3 is 5.97 Å². The number of benzene rings is 1. The van der Waals surface area contributed by atoms with Gasteiger partial charge in [0.1, 0.15) is 17.0 Å². The van der Waals surface area contributed by atoms with Crippen LogP contribution in [0.15, 0.2) is 47.5 Å². The molecule has 3 aromatic heterocycles. The lowest BCUT2D eigenvalue weighted by Crippen LogP contribution is -2.15. The highest BCUT2D eigenvalue weighted by Gasteiger charge is 2.24. The number of aryl methyl sites for hydroxylation is 1. The molecule has 0 amide bonds. The molecule has 0 aliphatic heterocycles. The van der Waals surface area contributed by atoms with Crippen LogP contribution in [0.5, 0.6) is 0 Å². The zero-order valence-corrected chi connectivity index (χ0v) is 17.0. The van der Waals surface area contributed by atoms with Gasteiger partial charge in [-0.3, -0.25) is 19.9 Å². The summed E-state index contributed by atoms with van der Waals surface area (Å²) >= 11 is 0. The minimum atomic E-state index is -1.19. The first kappa shape index (κ1) is 19.2. The van der Waals surface area contributed by atoms with Crippen molar-refractivity contribution in [2.24, 2.45) is 0 Å². The predicted molar refractivity (Wildman–Crippen MR) is 115 cm³/mol. The summed E-state index contributed by atoms with van der Waals surface area (Å²) in [5.74, 6) is -0.601. The van der Waals surface area contributed by atoms with Gasteiger partial charge in [0.25, 0.3) is 5.56 Å². The SMILES string of the molecule is Cc1nccnc1-c1[nH]n2c(=O)cc(-c3ccc(C4CCCC4)cc3)nc2c1C(=O)O. The molecule has 0 saturated heterocycles. The summed E-state index contributed by atoms with van der Waals surface area (Å²) in [4.78, 5) is 37.9. The third kappa shape index (κ3) is 3.30. The van der Waals surface area contributed by atoms with Gasteiger partial charge in [-0.15, -0.1) is 0 Å². The quantitative estimate of drug-likeness (QED) is 0.524. The molecule has 0 unspecified atom stereocenters. The monoisotopic (exact) mass is 415 g/mol. The lowest BCUT2D eigenvalue weighted by molar-refractivity contribution is 0.0699. The summed E-state index contributed by atoms with van der Waals surface area (Å²) < 4.78 is 1.14. The maximum atomic E-state index is 12.8. The number of carboxylic acid groups (broad SMARTS) is 1. The van der Waals surface area contributed by atoms with Gasteiger partial charge in [-0.1, -0.05) is 37.1 Å². The van der Waals surface area contributed by atoms with E-state index >= 15 is 0 Å². The first-order chi connectivity index (χ1) is 15.0.